The Bertz CT molecular complexity index is 1090. The van der Waals surface area contributed by atoms with Crippen molar-refractivity contribution < 1.29 is 26.0 Å². The standard InChI is InChI=1S/C15H15F4N3O4S/c1-3-6-27(25,26)20-9-4-5-10(16)11(7-9)22-13(23)8-12(15(17,18)19)21(2)14(22)24/h4-5,7-8,20H,3,6H2,1-2H3. The van der Waals surface area contributed by atoms with Crippen LogP contribution in [0.4, 0.5) is 23.2 Å². The SMILES string of the molecule is CCCS(=O)(=O)Nc1ccc(F)c(-n2c(=O)cc(C(F)(F)F)n(C)c2=O)c1. The molecule has 148 valence electrons. The molecule has 1 aromatic heterocycles. The van der Waals surface area contributed by atoms with Crippen LogP contribution in [0.2, 0.25) is 0 Å². The number of hydrogen-bond acceptors (Lipinski definition) is 4. The first kappa shape index (κ1) is 20.7. The molecule has 0 aliphatic heterocycles. The molecule has 0 amide bonds. The zero-order valence-electron chi connectivity index (χ0n) is 14.2. The molecule has 0 fully saturated rings. The van der Waals surface area contributed by atoms with Crippen molar-refractivity contribution in [2.45, 2.75) is 19.5 Å². The monoisotopic (exact) mass is 409 g/mol. The molecule has 1 N–H and O–H groups in total. The van der Waals surface area contributed by atoms with Gasteiger partial charge in [0.2, 0.25) is 10.0 Å². The number of alkyl halides is 3. The molecule has 0 aliphatic carbocycles. The second-order valence-electron chi connectivity index (χ2n) is 5.63. The van der Waals surface area contributed by atoms with Crippen molar-refractivity contribution in [3.8, 4) is 5.69 Å². The maximum atomic E-state index is 14.2. The van der Waals surface area contributed by atoms with Gasteiger partial charge in [-0.1, -0.05) is 6.92 Å². The fourth-order valence-electron chi connectivity index (χ4n) is 2.37. The van der Waals surface area contributed by atoms with Crippen LogP contribution in [0.15, 0.2) is 33.9 Å². The third-order valence-corrected chi connectivity index (χ3v) is 5.04. The van der Waals surface area contributed by atoms with Crippen LogP contribution in [0.3, 0.4) is 0 Å². The summed E-state index contributed by atoms with van der Waals surface area (Å²) in [6.07, 6.45) is -4.65. The van der Waals surface area contributed by atoms with Gasteiger partial charge in [0.25, 0.3) is 5.56 Å². The highest BCUT2D eigenvalue weighted by atomic mass is 32.2. The Kier molecular flexibility index (Phi) is 5.50. The van der Waals surface area contributed by atoms with Crippen molar-refractivity contribution in [2.75, 3.05) is 10.5 Å². The molecule has 7 nitrogen and oxygen atoms in total. The van der Waals surface area contributed by atoms with E-state index >= 15 is 0 Å². The van der Waals surface area contributed by atoms with E-state index in [1.54, 1.807) is 6.92 Å². The van der Waals surface area contributed by atoms with Crippen molar-refractivity contribution in [3.05, 3.63) is 56.6 Å². The van der Waals surface area contributed by atoms with Crippen LogP contribution >= 0.6 is 0 Å². The highest BCUT2D eigenvalue weighted by molar-refractivity contribution is 7.92. The Morgan fingerprint density at radius 2 is 1.78 bits per heavy atom. The van der Waals surface area contributed by atoms with Gasteiger partial charge in [0.1, 0.15) is 11.5 Å². The Labute approximate surface area is 150 Å². The predicted molar refractivity (Wildman–Crippen MR) is 89.9 cm³/mol. The molecule has 0 saturated heterocycles. The Morgan fingerprint density at radius 1 is 1.15 bits per heavy atom. The van der Waals surface area contributed by atoms with Crippen LogP contribution in [-0.4, -0.2) is 23.3 Å². The molecule has 0 aliphatic rings. The minimum atomic E-state index is -4.96. The topological polar surface area (TPSA) is 90.2 Å². The zero-order chi connectivity index (χ0) is 20.6. The van der Waals surface area contributed by atoms with Gasteiger partial charge in [-0.3, -0.25) is 14.1 Å². The Hall–Kier alpha value is -2.63. The minimum absolute atomic E-state index is 0.145. The van der Waals surface area contributed by atoms with Crippen LogP contribution in [0.25, 0.3) is 5.69 Å². The summed E-state index contributed by atoms with van der Waals surface area (Å²) < 4.78 is 78.9. The van der Waals surface area contributed by atoms with Gasteiger partial charge in [-0.2, -0.15) is 13.2 Å². The van der Waals surface area contributed by atoms with Gasteiger partial charge in [0.05, 0.1) is 17.1 Å². The number of halogens is 4. The van der Waals surface area contributed by atoms with Crippen molar-refractivity contribution in [1.29, 1.82) is 0 Å². The number of rotatable bonds is 5. The fraction of sp³-hybridized carbons (Fsp3) is 0.333. The first-order valence-electron chi connectivity index (χ1n) is 7.58. The molecule has 27 heavy (non-hydrogen) atoms. The van der Waals surface area contributed by atoms with E-state index in [4.69, 9.17) is 0 Å². The lowest BCUT2D eigenvalue weighted by molar-refractivity contribution is -0.144. The lowest BCUT2D eigenvalue weighted by Gasteiger charge is -2.15. The van der Waals surface area contributed by atoms with E-state index in [0.717, 1.165) is 25.2 Å². The van der Waals surface area contributed by atoms with Gasteiger partial charge in [-0.15, -0.1) is 0 Å². The average molecular weight is 409 g/mol. The van der Waals surface area contributed by atoms with Gasteiger partial charge >= 0.3 is 11.9 Å². The largest absolute Gasteiger partial charge is 0.431 e. The smallest absolute Gasteiger partial charge is 0.292 e. The molecule has 0 atom stereocenters. The number of sulfonamides is 1. The maximum absolute atomic E-state index is 14.2. The van der Waals surface area contributed by atoms with Crippen LogP contribution in [0, 0.1) is 5.82 Å². The van der Waals surface area contributed by atoms with Crippen molar-refractivity contribution in [3.63, 3.8) is 0 Å². The van der Waals surface area contributed by atoms with Crippen LogP contribution in [-0.2, 0) is 23.2 Å². The number of nitrogens with one attached hydrogen (secondary N) is 1. The second-order valence-corrected chi connectivity index (χ2v) is 7.47. The van der Waals surface area contributed by atoms with E-state index in [9.17, 15) is 35.6 Å². The molecule has 2 aromatic rings. The third-order valence-electron chi connectivity index (χ3n) is 3.54. The molecule has 12 heteroatoms. The van der Waals surface area contributed by atoms with E-state index < -0.39 is 44.6 Å². The summed E-state index contributed by atoms with van der Waals surface area (Å²) in [6.45, 7) is 1.63. The van der Waals surface area contributed by atoms with Crippen LogP contribution in [0.5, 0.6) is 0 Å². The van der Waals surface area contributed by atoms with E-state index in [1.807, 2.05) is 0 Å². The van der Waals surface area contributed by atoms with E-state index in [0.29, 0.717) is 6.42 Å². The predicted octanol–water partition coefficient (Wildman–Crippen LogP) is 1.85. The number of nitrogens with zero attached hydrogens (tertiary/aromatic N) is 2. The molecule has 0 radical (unpaired) electrons. The van der Waals surface area contributed by atoms with Crippen LogP contribution in [0.1, 0.15) is 19.0 Å². The van der Waals surface area contributed by atoms with Gasteiger partial charge in [0, 0.05) is 13.1 Å². The molecular formula is C15H15F4N3O4S. The molecule has 1 heterocycles. The first-order chi connectivity index (χ1) is 12.4. The second kappa shape index (κ2) is 7.18. The number of aromatic nitrogens is 2. The molecule has 2 rings (SSSR count). The molecule has 0 unspecified atom stereocenters. The number of hydrogen-bond donors (Lipinski definition) is 1. The minimum Gasteiger partial charge on any atom is -0.292 e. The summed E-state index contributed by atoms with van der Waals surface area (Å²) >= 11 is 0. The highest BCUT2D eigenvalue weighted by Gasteiger charge is 2.35. The summed E-state index contributed by atoms with van der Waals surface area (Å²) in [6, 6.07) is 2.88. The number of benzene rings is 1. The molecule has 0 spiro atoms. The molecule has 0 bridgehead atoms. The summed E-state index contributed by atoms with van der Waals surface area (Å²) in [5, 5.41) is 0. The highest BCUT2D eigenvalue weighted by Crippen LogP contribution is 2.27. The van der Waals surface area contributed by atoms with Gasteiger partial charge in [-0.25, -0.2) is 22.2 Å². The van der Waals surface area contributed by atoms with Gasteiger partial charge in [0.15, 0.2) is 0 Å². The van der Waals surface area contributed by atoms with Gasteiger partial charge < -0.3 is 0 Å². The lowest BCUT2D eigenvalue weighted by atomic mass is 10.2. The summed E-state index contributed by atoms with van der Waals surface area (Å²) in [5.74, 6) is -1.31. The molecular weight excluding hydrogens is 394 g/mol. The molecule has 0 saturated carbocycles. The average Bonchev–Trinajstić information content (AvgIpc) is 2.52. The van der Waals surface area contributed by atoms with E-state index in [-0.39, 0.29) is 26.6 Å². The third kappa shape index (κ3) is 4.38. The lowest BCUT2D eigenvalue weighted by Crippen LogP contribution is -2.41. The maximum Gasteiger partial charge on any atom is 0.431 e. The fourth-order valence-corrected chi connectivity index (χ4v) is 3.49. The first-order valence-corrected chi connectivity index (χ1v) is 9.23. The van der Waals surface area contributed by atoms with Crippen molar-refractivity contribution >= 4 is 15.7 Å². The van der Waals surface area contributed by atoms with E-state index in [1.165, 1.54) is 0 Å². The Morgan fingerprint density at radius 3 is 2.33 bits per heavy atom. The Balaban J connectivity index is 2.66. The number of anilines is 1. The van der Waals surface area contributed by atoms with Crippen molar-refractivity contribution in [1.82, 2.24) is 9.13 Å². The van der Waals surface area contributed by atoms with Crippen LogP contribution < -0.4 is 16.0 Å². The van der Waals surface area contributed by atoms with Crippen molar-refractivity contribution in [2.24, 2.45) is 7.05 Å². The van der Waals surface area contributed by atoms with E-state index in [2.05, 4.69) is 4.72 Å². The summed E-state index contributed by atoms with van der Waals surface area (Å²) in [5.41, 5.74) is -5.14. The zero-order valence-corrected chi connectivity index (χ0v) is 15.0. The quantitative estimate of drug-likeness (QED) is 0.764. The summed E-state index contributed by atoms with van der Waals surface area (Å²) in [7, 11) is -2.96. The normalized spacial score (nSPS) is 12.2. The summed E-state index contributed by atoms with van der Waals surface area (Å²) in [4.78, 5) is 24.3. The molecule has 1 aromatic carbocycles. The van der Waals surface area contributed by atoms with Gasteiger partial charge in [-0.05, 0) is 24.6 Å².